The SMILES string of the molecule is CC(C)CS(=O)(=O)N1CC(C)(OCC(=O)O)C1. The first-order valence-electron chi connectivity index (χ1n) is 5.48. The van der Waals surface area contributed by atoms with E-state index in [2.05, 4.69) is 0 Å². The number of carboxylic acids is 1. The fourth-order valence-electron chi connectivity index (χ4n) is 1.75. The smallest absolute Gasteiger partial charge is 0.329 e. The van der Waals surface area contributed by atoms with Gasteiger partial charge in [0.1, 0.15) is 6.61 Å². The van der Waals surface area contributed by atoms with Gasteiger partial charge in [-0.15, -0.1) is 0 Å². The normalized spacial score (nSPS) is 20.2. The van der Waals surface area contributed by atoms with Crippen LogP contribution in [0.3, 0.4) is 0 Å². The Kier molecular flexibility index (Phi) is 4.16. The molecule has 0 saturated carbocycles. The molecule has 100 valence electrons. The minimum absolute atomic E-state index is 0.0757. The molecular weight excluding hydrogens is 246 g/mol. The lowest BCUT2D eigenvalue weighted by Crippen LogP contribution is -2.63. The maximum absolute atomic E-state index is 11.8. The molecule has 0 bridgehead atoms. The minimum Gasteiger partial charge on any atom is -0.480 e. The molecule has 0 aromatic rings. The highest BCUT2D eigenvalue weighted by Gasteiger charge is 2.45. The summed E-state index contributed by atoms with van der Waals surface area (Å²) in [6.45, 7) is 5.48. The van der Waals surface area contributed by atoms with Gasteiger partial charge >= 0.3 is 5.97 Å². The summed E-state index contributed by atoms with van der Waals surface area (Å²) in [5.74, 6) is -0.858. The van der Waals surface area contributed by atoms with Gasteiger partial charge in [0.2, 0.25) is 10.0 Å². The summed E-state index contributed by atoms with van der Waals surface area (Å²) in [5.41, 5.74) is -0.664. The van der Waals surface area contributed by atoms with Crippen molar-refractivity contribution in [1.29, 1.82) is 0 Å². The first-order chi connectivity index (χ1) is 7.65. The van der Waals surface area contributed by atoms with Crippen LogP contribution in [-0.2, 0) is 19.6 Å². The standard InChI is InChI=1S/C10H19NO5S/c1-8(2)5-17(14,15)11-6-10(3,7-11)16-4-9(12)13/h8H,4-7H2,1-3H3,(H,12,13). The molecule has 1 fully saturated rings. The van der Waals surface area contributed by atoms with Crippen molar-refractivity contribution in [2.24, 2.45) is 5.92 Å². The average molecular weight is 265 g/mol. The van der Waals surface area contributed by atoms with Gasteiger partial charge in [0, 0.05) is 13.1 Å². The van der Waals surface area contributed by atoms with Crippen molar-refractivity contribution in [2.45, 2.75) is 26.4 Å². The molecule has 0 spiro atoms. The molecule has 1 N–H and O–H groups in total. The molecule has 0 aromatic carbocycles. The summed E-state index contributed by atoms with van der Waals surface area (Å²) in [4.78, 5) is 10.4. The van der Waals surface area contributed by atoms with Crippen molar-refractivity contribution < 1.29 is 23.1 Å². The van der Waals surface area contributed by atoms with Gasteiger partial charge in [-0.2, -0.15) is 4.31 Å². The van der Waals surface area contributed by atoms with Crippen LogP contribution in [0.15, 0.2) is 0 Å². The van der Waals surface area contributed by atoms with Gasteiger partial charge in [-0.25, -0.2) is 13.2 Å². The van der Waals surface area contributed by atoms with Crippen LogP contribution in [0.25, 0.3) is 0 Å². The minimum atomic E-state index is -3.23. The molecule has 17 heavy (non-hydrogen) atoms. The zero-order chi connectivity index (χ0) is 13.3. The van der Waals surface area contributed by atoms with Gasteiger partial charge in [-0.05, 0) is 12.8 Å². The average Bonchev–Trinajstić information content (AvgIpc) is 2.08. The van der Waals surface area contributed by atoms with Crippen molar-refractivity contribution in [1.82, 2.24) is 4.31 Å². The molecular formula is C10H19NO5S. The van der Waals surface area contributed by atoms with E-state index >= 15 is 0 Å². The van der Waals surface area contributed by atoms with E-state index in [4.69, 9.17) is 9.84 Å². The highest BCUT2D eigenvalue weighted by atomic mass is 32.2. The van der Waals surface area contributed by atoms with Crippen LogP contribution in [0, 0.1) is 5.92 Å². The van der Waals surface area contributed by atoms with Crippen LogP contribution >= 0.6 is 0 Å². The Morgan fingerprint density at radius 1 is 1.47 bits per heavy atom. The first kappa shape index (κ1) is 14.4. The zero-order valence-corrected chi connectivity index (χ0v) is 11.2. The second-order valence-corrected chi connectivity index (χ2v) is 7.09. The van der Waals surface area contributed by atoms with Gasteiger partial charge in [0.25, 0.3) is 0 Å². The molecule has 1 saturated heterocycles. The van der Waals surface area contributed by atoms with Gasteiger partial charge in [-0.1, -0.05) is 13.8 Å². The summed E-state index contributed by atoms with van der Waals surface area (Å²) >= 11 is 0. The second-order valence-electron chi connectivity index (χ2n) is 5.07. The van der Waals surface area contributed by atoms with Crippen molar-refractivity contribution in [3.8, 4) is 0 Å². The highest BCUT2D eigenvalue weighted by molar-refractivity contribution is 7.89. The van der Waals surface area contributed by atoms with Crippen LogP contribution in [0.4, 0.5) is 0 Å². The summed E-state index contributed by atoms with van der Waals surface area (Å²) in [7, 11) is -3.23. The lowest BCUT2D eigenvalue weighted by Gasteiger charge is -2.46. The Balaban J connectivity index is 2.47. The molecule has 0 atom stereocenters. The van der Waals surface area contributed by atoms with Gasteiger partial charge in [-0.3, -0.25) is 0 Å². The van der Waals surface area contributed by atoms with E-state index < -0.39 is 28.2 Å². The Bertz CT molecular complexity index is 384. The third-order valence-electron chi connectivity index (χ3n) is 2.50. The molecule has 0 aromatic heterocycles. The Labute approximate surface area is 102 Å². The number of rotatable bonds is 6. The fraction of sp³-hybridized carbons (Fsp3) is 0.900. The summed E-state index contributed by atoms with van der Waals surface area (Å²) in [6.07, 6.45) is 0. The molecule has 1 aliphatic rings. The van der Waals surface area contributed by atoms with E-state index in [9.17, 15) is 13.2 Å². The first-order valence-corrected chi connectivity index (χ1v) is 7.09. The number of ether oxygens (including phenoxy) is 1. The summed E-state index contributed by atoms with van der Waals surface area (Å²) in [6, 6.07) is 0. The number of aliphatic carboxylic acids is 1. The lowest BCUT2D eigenvalue weighted by molar-refractivity contribution is -0.157. The van der Waals surface area contributed by atoms with Crippen molar-refractivity contribution in [3.05, 3.63) is 0 Å². The maximum Gasteiger partial charge on any atom is 0.329 e. The van der Waals surface area contributed by atoms with E-state index in [1.165, 1.54) is 4.31 Å². The number of carbonyl (C=O) groups is 1. The molecule has 6 nitrogen and oxygen atoms in total. The van der Waals surface area contributed by atoms with Crippen LogP contribution in [0.5, 0.6) is 0 Å². The van der Waals surface area contributed by atoms with E-state index in [1.807, 2.05) is 13.8 Å². The number of nitrogens with zero attached hydrogens (tertiary/aromatic N) is 1. The third-order valence-corrected chi connectivity index (χ3v) is 4.64. The van der Waals surface area contributed by atoms with Gasteiger partial charge in [0.05, 0.1) is 11.4 Å². The quantitative estimate of drug-likeness (QED) is 0.739. The largest absolute Gasteiger partial charge is 0.480 e. The van der Waals surface area contributed by atoms with E-state index in [1.54, 1.807) is 6.92 Å². The van der Waals surface area contributed by atoms with Crippen molar-refractivity contribution >= 4 is 16.0 Å². The molecule has 1 heterocycles. The monoisotopic (exact) mass is 265 g/mol. The third kappa shape index (κ3) is 3.93. The molecule has 0 aliphatic carbocycles. The Morgan fingerprint density at radius 3 is 2.41 bits per heavy atom. The number of carboxylic acid groups (broad SMARTS) is 1. The second kappa shape index (κ2) is 4.91. The summed E-state index contributed by atoms with van der Waals surface area (Å²) < 4.78 is 30.1. The van der Waals surface area contributed by atoms with Crippen LogP contribution in [0.2, 0.25) is 0 Å². The number of sulfonamides is 1. The Morgan fingerprint density at radius 2 is 2.00 bits per heavy atom. The highest BCUT2D eigenvalue weighted by Crippen LogP contribution is 2.28. The van der Waals surface area contributed by atoms with Crippen molar-refractivity contribution in [3.63, 3.8) is 0 Å². The molecule has 0 radical (unpaired) electrons. The number of hydrogen-bond acceptors (Lipinski definition) is 4. The van der Waals surface area contributed by atoms with Crippen LogP contribution < -0.4 is 0 Å². The predicted octanol–water partition coefficient (Wildman–Crippen LogP) is 0.148. The molecule has 1 aliphatic heterocycles. The fourth-order valence-corrected chi connectivity index (χ4v) is 3.74. The van der Waals surface area contributed by atoms with E-state index in [0.717, 1.165) is 0 Å². The van der Waals surface area contributed by atoms with E-state index in [0.29, 0.717) is 0 Å². The summed E-state index contributed by atoms with van der Waals surface area (Å²) in [5, 5.41) is 8.48. The van der Waals surface area contributed by atoms with Gasteiger partial charge < -0.3 is 9.84 Å². The van der Waals surface area contributed by atoms with E-state index in [-0.39, 0.29) is 24.8 Å². The predicted molar refractivity (Wildman–Crippen MR) is 62.2 cm³/mol. The number of hydrogen-bond donors (Lipinski definition) is 1. The lowest BCUT2D eigenvalue weighted by atomic mass is 10.0. The van der Waals surface area contributed by atoms with Crippen LogP contribution in [0.1, 0.15) is 20.8 Å². The van der Waals surface area contributed by atoms with Crippen LogP contribution in [-0.4, -0.2) is 54.8 Å². The topological polar surface area (TPSA) is 83.9 Å². The molecule has 0 amide bonds. The molecule has 7 heteroatoms. The maximum atomic E-state index is 11.8. The Hall–Kier alpha value is -0.660. The van der Waals surface area contributed by atoms with Crippen molar-refractivity contribution in [2.75, 3.05) is 25.4 Å². The zero-order valence-electron chi connectivity index (χ0n) is 10.3. The van der Waals surface area contributed by atoms with Gasteiger partial charge in [0.15, 0.2) is 0 Å². The molecule has 1 rings (SSSR count). The molecule has 0 unspecified atom stereocenters.